The molecule has 2 aromatic rings. The van der Waals surface area contributed by atoms with Crippen molar-refractivity contribution in [2.24, 2.45) is 0 Å². The van der Waals surface area contributed by atoms with Crippen LogP contribution in [0.1, 0.15) is 53.0 Å². The molecule has 4 nitrogen and oxygen atoms in total. The number of pyridine rings is 1. The van der Waals surface area contributed by atoms with Crippen LogP contribution < -0.4 is 10.3 Å². The van der Waals surface area contributed by atoms with Crippen LogP contribution in [0.25, 0.3) is 0 Å². The number of nitrogens with one attached hydrogen (secondary N) is 1. The van der Waals surface area contributed by atoms with Crippen LogP contribution in [0.5, 0.6) is 5.75 Å². The lowest BCUT2D eigenvalue weighted by atomic mass is 9.91. The second-order valence-corrected chi connectivity index (χ2v) is 8.46. The number of H-pyrrole nitrogens is 1. The van der Waals surface area contributed by atoms with Crippen LogP contribution >= 0.6 is 15.9 Å². The summed E-state index contributed by atoms with van der Waals surface area (Å²) in [5.74, 6) is 0.796. The molecule has 0 radical (unpaired) electrons. The summed E-state index contributed by atoms with van der Waals surface area (Å²) in [6.45, 7) is 11.7. The fourth-order valence-electron chi connectivity index (χ4n) is 3.49. The van der Waals surface area contributed by atoms with Crippen LogP contribution in [0.3, 0.4) is 0 Å². The first-order chi connectivity index (χ1) is 12.6. The highest BCUT2D eigenvalue weighted by molar-refractivity contribution is 9.10. The van der Waals surface area contributed by atoms with Gasteiger partial charge in [0.1, 0.15) is 11.4 Å². The van der Waals surface area contributed by atoms with Crippen molar-refractivity contribution in [2.75, 3.05) is 0 Å². The fraction of sp³-hybridized carbons (Fsp3) is 0.364. The largest absolute Gasteiger partial charge is 0.481 e. The molecule has 1 atom stereocenters. The molecule has 2 heterocycles. The fourth-order valence-corrected chi connectivity index (χ4v) is 4.08. The predicted molar refractivity (Wildman–Crippen MR) is 111 cm³/mol. The molecule has 0 spiro atoms. The zero-order valence-corrected chi connectivity index (χ0v) is 17.7. The first kappa shape index (κ1) is 19.6. The van der Waals surface area contributed by atoms with Gasteiger partial charge in [-0.15, -0.1) is 0 Å². The lowest BCUT2D eigenvalue weighted by molar-refractivity contribution is 0.0982. The highest BCUT2D eigenvalue weighted by Gasteiger charge is 2.37. The zero-order valence-electron chi connectivity index (χ0n) is 16.2. The Balaban J connectivity index is 1.81. The third kappa shape index (κ3) is 3.79. The number of carbonyl (C=O) groups excluding carboxylic acids is 1. The number of aromatic nitrogens is 1. The number of carbonyl (C=O) groups is 1. The predicted octanol–water partition coefficient (Wildman–Crippen LogP) is 4.84. The Morgan fingerprint density at radius 1 is 1.33 bits per heavy atom. The lowest BCUT2D eigenvalue weighted by Crippen LogP contribution is -2.30. The number of hydrogen-bond donors (Lipinski definition) is 1. The summed E-state index contributed by atoms with van der Waals surface area (Å²) in [5.41, 5.74) is 4.46. The van der Waals surface area contributed by atoms with Crippen molar-refractivity contribution in [3.8, 4) is 5.75 Å². The molecular formula is C22H24BrNO3. The van der Waals surface area contributed by atoms with E-state index in [0.717, 1.165) is 32.6 Å². The first-order valence-electron chi connectivity index (χ1n) is 9.01. The van der Waals surface area contributed by atoms with Gasteiger partial charge in [-0.1, -0.05) is 6.58 Å². The molecule has 0 bridgehead atoms. The number of aryl methyl sites for hydroxylation is 2. The van der Waals surface area contributed by atoms with Crippen molar-refractivity contribution in [3.63, 3.8) is 0 Å². The maximum absolute atomic E-state index is 12.8. The Bertz CT molecular complexity index is 1010. The summed E-state index contributed by atoms with van der Waals surface area (Å²) in [5, 5.41) is 0. The van der Waals surface area contributed by atoms with Gasteiger partial charge in [0.25, 0.3) is 5.56 Å². The summed E-state index contributed by atoms with van der Waals surface area (Å²) in [6.07, 6.45) is 1.40. The Hall–Kier alpha value is -2.14. The average Bonchev–Trinajstić information content (AvgIpc) is 2.92. The number of aromatic amines is 1. The third-order valence-electron chi connectivity index (χ3n) is 5.30. The molecule has 1 N–H and O–H groups in total. The molecule has 3 rings (SSSR count). The van der Waals surface area contributed by atoms with Gasteiger partial charge in [-0.05, 0) is 79.4 Å². The van der Waals surface area contributed by atoms with Gasteiger partial charge in [-0.25, -0.2) is 0 Å². The van der Waals surface area contributed by atoms with Gasteiger partial charge in [0.15, 0.2) is 5.78 Å². The van der Waals surface area contributed by atoms with E-state index in [1.165, 1.54) is 0 Å². The number of halogens is 1. The Morgan fingerprint density at radius 2 is 2.04 bits per heavy atom. The average molecular weight is 430 g/mol. The molecule has 5 heteroatoms. The second-order valence-electron chi connectivity index (χ2n) is 7.60. The van der Waals surface area contributed by atoms with Gasteiger partial charge < -0.3 is 9.72 Å². The molecule has 0 aliphatic carbocycles. The molecule has 0 saturated heterocycles. The maximum Gasteiger partial charge on any atom is 0.251 e. The van der Waals surface area contributed by atoms with E-state index in [-0.39, 0.29) is 17.8 Å². The minimum Gasteiger partial charge on any atom is -0.481 e. The number of fused-ring (bicyclic) bond motifs is 1. The summed E-state index contributed by atoms with van der Waals surface area (Å²) >= 11 is 3.53. The number of ether oxygens (including phenoxy) is 1. The Kier molecular flexibility index (Phi) is 5.17. The van der Waals surface area contributed by atoms with Crippen LogP contribution in [-0.2, 0) is 12.8 Å². The van der Waals surface area contributed by atoms with Crippen molar-refractivity contribution in [1.29, 1.82) is 0 Å². The van der Waals surface area contributed by atoms with Crippen molar-refractivity contribution in [3.05, 3.63) is 73.1 Å². The molecule has 0 saturated carbocycles. The van der Waals surface area contributed by atoms with Crippen molar-refractivity contribution >= 4 is 21.7 Å². The highest BCUT2D eigenvalue weighted by Crippen LogP contribution is 2.43. The SMILES string of the molecule is C=C(C)C1(C)Cc2cc(C(=O)CCc3c(C)cc(C)[nH]c3=O)cc(Br)c2O1. The summed E-state index contributed by atoms with van der Waals surface area (Å²) in [7, 11) is 0. The van der Waals surface area contributed by atoms with Crippen molar-refractivity contribution < 1.29 is 9.53 Å². The zero-order chi connectivity index (χ0) is 19.9. The van der Waals surface area contributed by atoms with E-state index >= 15 is 0 Å². The molecule has 1 aromatic heterocycles. The third-order valence-corrected chi connectivity index (χ3v) is 5.89. The van der Waals surface area contributed by atoms with Gasteiger partial charge in [0.05, 0.1) is 4.47 Å². The number of benzene rings is 1. The quantitative estimate of drug-likeness (QED) is 0.546. The smallest absolute Gasteiger partial charge is 0.251 e. The highest BCUT2D eigenvalue weighted by atomic mass is 79.9. The van der Waals surface area contributed by atoms with E-state index in [4.69, 9.17) is 4.74 Å². The van der Waals surface area contributed by atoms with Crippen LogP contribution in [0.15, 0.2) is 39.6 Å². The van der Waals surface area contributed by atoms with Gasteiger partial charge in [0.2, 0.25) is 0 Å². The number of Topliss-reactive ketones (excluding diaryl/α,β-unsaturated/α-hetero) is 1. The van der Waals surface area contributed by atoms with Gasteiger partial charge in [-0.2, -0.15) is 0 Å². The van der Waals surface area contributed by atoms with Crippen LogP contribution in [0, 0.1) is 13.8 Å². The topological polar surface area (TPSA) is 59.2 Å². The molecular weight excluding hydrogens is 406 g/mol. The van der Waals surface area contributed by atoms with Crippen molar-refractivity contribution in [1.82, 2.24) is 4.98 Å². The summed E-state index contributed by atoms with van der Waals surface area (Å²) in [6, 6.07) is 5.64. The first-order valence-corrected chi connectivity index (χ1v) is 9.80. The van der Waals surface area contributed by atoms with Crippen LogP contribution in [0.4, 0.5) is 0 Å². The normalized spacial score (nSPS) is 18.1. The number of rotatable bonds is 5. The molecule has 0 fully saturated rings. The lowest BCUT2D eigenvalue weighted by Gasteiger charge is -2.24. The molecule has 1 aromatic carbocycles. The molecule has 27 heavy (non-hydrogen) atoms. The molecule has 1 aliphatic rings. The van der Waals surface area contributed by atoms with Crippen LogP contribution in [-0.4, -0.2) is 16.4 Å². The van der Waals surface area contributed by atoms with E-state index < -0.39 is 5.60 Å². The van der Waals surface area contributed by atoms with E-state index in [2.05, 4.69) is 27.5 Å². The molecule has 142 valence electrons. The van der Waals surface area contributed by atoms with E-state index in [1.54, 1.807) is 6.07 Å². The second kappa shape index (κ2) is 7.12. The van der Waals surface area contributed by atoms with Crippen molar-refractivity contribution in [2.45, 2.75) is 52.6 Å². The maximum atomic E-state index is 12.8. The Labute approximate surface area is 167 Å². The standard InChI is InChI=1S/C22H24BrNO3/c1-12(2)22(5)11-16-9-15(10-18(23)20(16)27-22)19(25)7-6-17-13(3)8-14(4)24-21(17)26/h8-10H,1,6-7,11H2,2-5H3,(H,24,26). The molecule has 1 aliphatic heterocycles. The number of hydrogen-bond acceptors (Lipinski definition) is 3. The Morgan fingerprint density at radius 3 is 2.67 bits per heavy atom. The molecule has 0 amide bonds. The monoisotopic (exact) mass is 429 g/mol. The van der Waals surface area contributed by atoms with E-state index in [0.29, 0.717) is 24.0 Å². The minimum atomic E-state index is -0.446. The van der Waals surface area contributed by atoms with E-state index in [1.807, 2.05) is 39.8 Å². The van der Waals surface area contributed by atoms with Crippen LogP contribution in [0.2, 0.25) is 0 Å². The molecule has 1 unspecified atom stereocenters. The van der Waals surface area contributed by atoms with Gasteiger partial charge in [-0.3, -0.25) is 9.59 Å². The summed E-state index contributed by atoms with van der Waals surface area (Å²) < 4.78 is 6.87. The van der Waals surface area contributed by atoms with Gasteiger partial charge in [0, 0.05) is 35.2 Å². The minimum absolute atomic E-state index is 0.0156. The summed E-state index contributed by atoms with van der Waals surface area (Å²) in [4.78, 5) is 27.7. The van der Waals surface area contributed by atoms with E-state index in [9.17, 15) is 9.59 Å². The van der Waals surface area contributed by atoms with Gasteiger partial charge >= 0.3 is 0 Å². The number of ketones is 1.